The summed E-state index contributed by atoms with van der Waals surface area (Å²) >= 11 is 63.9. The Bertz CT molecular complexity index is 1680. The molecule has 3 saturated heterocycles. The summed E-state index contributed by atoms with van der Waals surface area (Å²) in [5.74, 6) is 0. The van der Waals surface area contributed by atoms with Gasteiger partial charge >= 0.3 is 0 Å². The molecule has 0 amide bonds. The number of fused-ring (bicyclic) bond motifs is 1. The predicted octanol–water partition coefficient (Wildman–Crippen LogP) is 9.19. The van der Waals surface area contributed by atoms with Crippen LogP contribution in [-0.4, -0.2) is 49.0 Å². The van der Waals surface area contributed by atoms with Crippen LogP contribution in [0.4, 0.5) is 0 Å². The molecule has 47 heavy (non-hydrogen) atoms. The second-order valence-electron chi connectivity index (χ2n) is 6.97. The van der Waals surface area contributed by atoms with Crippen LogP contribution in [0.5, 0.6) is 0 Å². The van der Waals surface area contributed by atoms with Gasteiger partial charge in [-0.05, 0) is 19.1 Å². The zero-order valence-corrected chi connectivity index (χ0v) is 42.6. The van der Waals surface area contributed by atoms with Crippen molar-refractivity contribution in [3.63, 3.8) is 0 Å². The molecule has 4 aliphatic heterocycles. The minimum atomic E-state index is -0.0814. The van der Waals surface area contributed by atoms with Gasteiger partial charge in [-0.15, -0.1) is 111 Å². The Hall–Kier alpha value is 3.55. The van der Waals surface area contributed by atoms with E-state index < -0.39 is 0 Å². The molecule has 0 aromatic carbocycles. The van der Waals surface area contributed by atoms with E-state index in [9.17, 15) is 9.59 Å². The van der Waals surface area contributed by atoms with Gasteiger partial charge in [-0.3, -0.25) is 9.59 Å². The van der Waals surface area contributed by atoms with Crippen molar-refractivity contribution in [2.45, 2.75) is 32.2 Å². The van der Waals surface area contributed by atoms with Crippen molar-refractivity contribution < 1.29 is 24.6 Å². The Morgan fingerprint density at radius 3 is 1.17 bits per heavy atom. The number of aliphatic hydroxyl groups is 1. The van der Waals surface area contributed by atoms with E-state index in [4.69, 9.17) is 134 Å². The number of hydrogen-bond donors (Lipinski definition) is 1. The van der Waals surface area contributed by atoms with Gasteiger partial charge in [0.05, 0.1) is 15.1 Å². The Kier molecular flexibility index (Phi) is 29.2. The molecular formula is C22H15NO3S20Zn-4. The van der Waals surface area contributed by atoms with E-state index in [1.165, 1.54) is 135 Å². The van der Waals surface area contributed by atoms with E-state index in [1.807, 2.05) is 0 Å². The summed E-state index contributed by atoms with van der Waals surface area (Å²) in [5.41, 5.74) is -0.163. The standard InChI is InChI=1S/C9H2O2S5.2C3H4S5.C3S5.C2H3N.C2H6O.Zn/c10-3-1-2-4(11)6-5(3)13-7-8(14-6)16-9(12)15-7;3*4-1-2(5)8-3(6)7-1;2*1-2-3;/h1-2H;2*1-2,4-5H;;1H3;3H,2H2,1H3;/p-4. The van der Waals surface area contributed by atoms with Gasteiger partial charge in [0, 0.05) is 33.0 Å². The molecule has 0 saturated carbocycles. The quantitative estimate of drug-likeness (QED) is 0.132. The normalized spacial score (nSPS) is 20.9. The van der Waals surface area contributed by atoms with E-state index in [2.05, 4.69) is 0 Å². The fourth-order valence-electron chi connectivity index (χ4n) is 2.20. The smallest absolute Gasteiger partial charge is 0.197 e. The second kappa shape index (κ2) is 27.2. The van der Waals surface area contributed by atoms with Gasteiger partial charge in [-0.25, -0.2) is 0 Å². The zero-order valence-electron chi connectivity index (χ0n) is 23.3. The van der Waals surface area contributed by atoms with Crippen molar-refractivity contribution in [1.82, 2.24) is 0 Å². The van der Waals surface area contributed by atoms with Crippen LogP contribution in [0.25, 0.3) is 8.03 Å². The molecule has 4 unspecified atom stereocenters. The van der Waals surface area contributed by atoms with Crippen molar-refractivity contribution in [2.24, 2.45) is 0 Å². The molecule has 5 aliphatic rings. The first-order valence-corrected chi connectivity index (χ1v) is 24.1. The van der Waals surface area contributed by atoms with Gasteiger partial charge in [0.15, 0.2) is 10.9 Å². The fraction of sp³-hybridized carbons (Fsp3) is 0.318. The number of thioether (sulfide) groups is 6. The van der Waals surface area contributed by atoms with Crippen LogP contribution in [0, 0.1) is 23.5 Å². The van der Waals surface area contributed by atoms with E-state index >= 15 is 0 Å². The first kappa shape index (κ1) is 50.6. The predicted molar refractivity (Wildman–Crippen MR) is 251 cm³/mol. The second-order valence-corrected chi connectivity index (χ2v) is 27.5. The first-order valence-electron chi connectivity index (χ1n) is 11.4. The average Bonchev–Trinajstić information content (AvgIpc) is 3.66. The Morgan fingerprint density at radius 2 is 0.979 bits per heavy atom. The van der Waals surface area contributed by atoms with Crippen molar-refractivity contribution in [3.05, 3.63) is 44.8 Å². The molecule has 1 N–H and O–H groups in total. The van der Waals surface area contributed by atoms with Crippen LogP contribution in [0.1, 0.15) is 13.8 Å². The van der Waals surface area contributed by atoms with Crippen molar-refractivity contribution in [1.29, 1.82) is 5.26 Å². The summed E-state index contributed by atoms with van der Waals surface area (Å²) in [7, 11) is 0. The van der Waals surface area contributed by atoms with Crippen LogP contribution in [0.2, 0.25) is 0 Å². The fourth-order valence-corrected chi connectivity index (χ4v) is 19.7. The molecule has 252 valence electrons. The largest absolute Gasteiger partial charge is 0.779 e. The minimum absolute atomic E-state index is 0. The van der Waals surface area contributed by atoms with Crippen LogP contribution in [-0.2, 0) is 70.0 Å². The summed E-state index contributed by atoms with van der Waals surface area (Å²) < 4.78 is 8.68. The number of nitriles is 1. The third kappa shape index (κ3) is 19.1. The van der Waals surface area contributed by atoms with Gasteiger partial charge in [-0.1, -0.05) is 96.8 Å². The maximum absolute atomic E-state index is 11.6. The van der Waals surface area contributed by atoms with E-state index in [0.717, 1.165) is 30.1 Å². The summed E-state index contributed by atoms with van der Waals surface area (Å²) in [6, 6.07) is 4.43. The molecule has 3 fully saturated rings. The maximum atomic E-state index is 11.6. The van der Waals surface area contributed by atoms with E-state index in [0.29, 0.717) is 9.06 Å². The van der Waals surface area contributed by atoms with Crippen molar-refractivity contribution >= 4 is 267 Å². The molecule has 6 rings (SSSR count). The molecule has 4 nitrogen and oxygen atoms in total. The molecule has 0 radical (unpaired) electrons. The van der Waals surface area contributed by atoms with Crippen LogP contribution < -0.4 is 10.9 Å². The van der Waals surface area contributed by atoms with E-state index in [1.54, 1.807) is 13.0 Å². The average molecular weight is 1050 g/mol. The van der Waals surface area contributed by atoms with Crippen LogP contribution >= 0.6 is 189 Å². The molecule has 1 aromatic heterocycles. The molecule has 4 atom stereocenters. The van der Waals surface area contributed by atoms with Crippen LogP contribution in [0.3, 0.4) is 0 Å². The SMILES string of the molecule is CC#N.CCO.O=c1ccc(=O)c2sc3sc(=S)sc3sc1=2.S=C1SC(=S)C(=S)S1.S=C1SC([S-])C([S-])S1.S=C1SC([S-])C([S-])S1.[Zn]. The van der Waals surface area contributed by atoms with Crippen molar-refractivity contribution in [2.75, 3.05) is 6.61 Å². The van der Waals surface area contributed by atoms with E-state index in [-0.39, 0.29) is 55.3 Å². The molecular weight excluding hydrogens is 1030 g/mol. The third-order valence-electron chi connectivity index (χ3n) is 3.76. The van der Waals surface area contributed by atoms with Gasteiger partial charge in [0.25, 0.3) is 0 Å². The molecule has 25 heteroatoms. The van der Waals surface area contributed by atoms with Gasteiger partial charge in [0.2, 0.25) is 0 Å². The van der Waals surface area contributed by atoms with Gasteiger partial charge < -0.3 is 55.6 Å². The number of hydrogen-bond acceptors (Lipinski definition) is 24. The van der Waals surface area contributed by atoms with Gasteiger partial charge in [0.1, 0.15) is 30.1 Å². The van der Waals surface area contributed by atoms with Gasteiger partial charge in [-0.2, -0.15) is 5.26 Å². The third-order valence-corrected chi connectivity index (χ3v) is 21.8. The molecule has 0 bridgehead atoms. The number of rotatable bonds is 0. The van der Waals surface area contributed by atoms with Crippen LogP contribution in [0.15, 0.2) is 21.7 Å². The first-order chi connectivity index (χ1) is 21.6. The summed E-state index contributed by atoms with van der Waals surface area (Å²) in [6.07, 6.45) is 0. The molecule has 5 heterocycles. The molecule has 0 spiro atoms. The monoisotopic (exact) mass is 1040 g/mol. The Labute approximate surface area is 380 Å². The minimum Gasteiger partial charge on any atom is -0.779 e. The molecule has 1 aromatic rings. The number of thiocarbonyl (C=S) groups is 5. The summed E-state index contributed by atoms with van der Waals surface area (Å²) in [5, 5.41) is 14.9. The van der Waals surface area contributed by atoms with Crippen molar-refractivity contribution in [3.8, 4) is 6.07 Å². The maximum Gasteiger partial charge on any atom is 0.197 e. The number of aliphatic hydroxyl groups excluding tert-OH is 1. The molecule has 1 aliphatic carbocycles. The number of nitrogens with zero attached hydrogens (tertiary/aromatic N) is 1. The summed E-state index contributed by atoms with van der Waals surface area (Å²) in [4.78, 5) is 23.3. The zero-order chi connectivity index (χ0) is 35.1. The Morgan fingerprint density at radius 1 is 0.702 bits per heavy atom. The Balaban J connectivity index is 0.000000592. The summed E-state index contributed by atoms with van der Waals surface area (Å²) in [6.45, 7) is 3.36. The topological polar surface area (TPSA) is 78.2 Å².